The van der Waals surface area contributed by atoms with E-state index in [-0.39, 0.29) is 0 Å². The standard InChI is InChI=1S/C12H16BrN5OS/c1-3-20(19)5-4-18-12(15-16-17-18)10-6-9(13)7-11(14)8(10)2/h6-7H,3-5,14H2,1-2H3. The second kappa shape index (κ2) is 6.45. The molecule has 1 aromatic heterocycles. The molecule has 2 rings (SSSR count). The third kappa shape index (κ3) is 3.24. The quantitative estimate of drug-likeness (QED) is 0.823. The van der Waals surface area contributed by atoms with Gasteiger partial charge in [0.25, 0.3) is 0 Å². The molecule has 1 unspecified atom stereocenters. The highest BCUT2D eigenvalue weighted by atomic mass is 79.9. The van der Waals surface area contributed by atoms with Crippen molar-refractivity contribution in [1.29, 1.82) is 0 Å². The lowest BCUT2D eigenvalue weighted by Crippen LogP contribution is -2.12. The van der Waals surface area contributed by atoms with Gasteiger partial charge in [0.2, 0.25) is 0 Å². The van der Waals surface area contributed by atoms with Gasteiger partial charge in [-0.3, -0.25) is 4.21 Å². The summed E-state index contributed by atoms with van der Waals surface area (Å²) in [5.41, 5.74) is 8.46. The van der Waals surface area contributed by atoms with Gasteiger partial charge in [-0.2, -0.15) is 0 Å². The Morgan fingerprint density at radius 3 is 2.90 bits per heavy atom. The number of anilines is 1. The third-order valence-corrected chi connectivity index (χ3v) is 4.78. The predicted octanol–water partition coefficient (Wildman–Crippen LogP) is 1.76. The molecular formula is C12H16BrN5OS. The summed E-state index contributed by atoms with van der Waals surface area (Å²) in [6.45, 7) is 4.35. The zero-order valence-electron chi connectivity index (χ0n) is 11.3. The van der Waals surface area contributed by atoms with Crippen LogP contribution in [0, 0.1) is 6.92 Å². The van der Waals surface area contributed by atoms with Crippen LogP contribution >= 0.6 is 15.9 Å². The third-order valence-electron chi connectivity index (χ3n) is 3.04. The molecule has 0 radical (unpaired) electrons. The zero-order chi connectivity index (χ0) is 14.7. The first-order chi connectivity index (χ1) is 9.52. The summed E-state index contributed by atoms with van der Waals surface area (Å²) >= 11 is 3.42. The molecule has 0 fully saturated rings. The van der Waals surface area contributed by atoms with E-state index in [9.17, 15) is 4.21 Å². The minimum Gasteiger partial charge on any atom is -0.398 e. The fourth-order valence-electron chi connectivity index (χ4n) is 1.81. The molecular weight excluding hydrogens is 342 g/mol. The summed E-state index contributed by atoms with van der Waals surface area (Å²) in [7, 11) is -0.841. The summed E-state index contributed by atoms with van der Waals surface area (Å²) in [5, 5.41) is 11.7. The van der Waals surface area contributed by atoms with Gasteiger partial charge in [0.1, 0.15) is 0 Å². The number of nitrogens with zero attached hydrogens (tertiary/aromatic N) is 4. The minimum absolute atomic E-state index is 0.522. The highest BCUT2D eigenvalue weighted by Crippen LogP contribution is 2.29. The minimum atomic E-state index is -0.841. The summed E-state index contributed by atoms with van der Waals surface area (Å²) in [5.74, 6) is 1.82. The van der Waals surface area contributed by atoms with Crippen molar-refractivity contribution >= 4 is 32.4 Å². The number of nitrogen functional groups attached to an aromatic ring is 1. The van der Waals surface area contributed by atoms with Crippen LogP contribution < -0.4 is 5.73 Å². The van der Waals surface area contributed by atoms with Crippen molar-refractivity contribution in [1.82, 2.24) is 20.2 Å². The van der Waals surface area contributed by atoms with Gasteiger partial charge in [-0.15, -0.1) is 5.10 Å². The molecule has 1 aromatic carbocycles. The largest absolute Gasteiger partial charge is 0.398 e. The fourth-order valence-corrected chi connectivity index (χ4v) is 2.95. The fraction of sp³-hybridized carbons (Fsp3) is 0.417. The van der Waals surface area contributed by atoms with Crippen LogP contribution in [0.15, 0.2) is 16.6 Å². The normalized spacial score (nSPS) is 12.6. The van der Waals surface area contributed by atoms with Crippen molar-refractivity contribution in [2.24, 2.45) is 0 Å². The SMILES string of the molecule is CCS(=O)CCn1nnnc1-c1cc(Br)cc(N)c1C. The molecule has 0 aliphatic rings. The van der Waals surface area contributed by atoms with Crippen molar-refractivity contribution < 1.29 is 4.21 Å². The van der Waals surface area contributed by atoms with Gasteiger partial charge in [0, 0.05) is 38.0 Å². The van der Waals surface area contributed by atoms with Crippen LogP contribution in [0.1, 0.15) is 12.5 Å². The molecule has 8 heteroatoms. The van der Waals surface area contributed by atoms with Gasteiger partial charge >= 0.3 is 0 Å². The number of benzene rings is 1. The average molecular weight is 358 g/mol. The Hall–Kier alpha value is -1.28. The van der Waals surface area contributed by atoms with Gasteiger partial charge in [0.05, 0.1) is 6.54 Å². The Morgan fingerprint density at radius 1 is 1.45 bits per heavy atom. The Labute approximate surface area is 128 Å². The number of aromatic nitrogens is 4. The van der Waals surface area contributed by atoms with E-state index in [1.54, 1.807) is 4.68 Å². The van der Waals surface area contributed by atoms with E-state index < -0.39 is 10.8 Å². The molecule has 0 amide bonds. The maximum absolute atomic E-state index is 11.5. The van der Waals surface area contributed by atoms with Gasteiger partial charge in [0.15, 0.2) is 5.82 Å². The van der Waals surface area contributed by atoms with Gasteiger partial charge in [-0.05, 0) is 35.0 Å². The number of halogens is 1. The number of hydrogen-bond donors (Lipinski definition) is 1. The number of rotatable bonds is 5. The van der Waals surface area contributed by atoms with Crippen molar-refractivity contribution in [3.05, 3.63) is 22.2 Å². The number of tetrazole rings is 1. The van der Waals surface area contributed by atoms with E-state index in [4.69, 9.17) is 5.73 Å². The van der Waals surface area contributed by atoms with Crippen LogP contribution in [0.5, 0.6) is 0 Å². The summed E-state index contributed by atoms with van der Waals surface area (Å²) < 4.78 is 14.1. The van der Waals surface area contributed by atoms with Crippen molar-refractivity contribution in [3.63, 3.8) is 0 Å². The van der Waals surface area contributed by atoms with Crippen LogP contribution in [0.25, 0.3) is 11.4 Å². The lowest BCUT2D eigenvalue weighted by molar-refractivity contribution is 0.624. The Morgan fingerprint density at radius 2 is 2.20 bits per heavy atom. The van der Waals surface area contributed by atoms with Gasteiger partial charge < -0.3 is 5.73 Å². The molecule has 2 N–H and O–H groups in total. The summed E-state index contributed by atoms with van der Waals surface area (Å²) in [4.78, 5) is 0. The molecule has 0 aliphatic heterocycles. The Kier molecular flexibility index (Phi) is 4.87. The number of aryl methyl sites for hydroxylation is 1. The first kappa shape index (κ1) is 15.1. The molecule has 108 valence electrons. The van der Waals surface area contributed by atoms with E-state index in [0.717, 1.165) is 15.6 Å². The van der Waals surface area contributed by atoms with E-state index in [1.165, 1.54) is 0 Å². The molecule has 0 aliphatic carbocycles. The first-order valence-electron chi connectivity index (χ1n) is 6.20. The highest BCUT2D eigenvalue weighted by molar-refractivity contribution is 9.10. The molecule has 0 bridgehead atoms. The topological polar surface area (TPSA) is 86.7 Å². The predicted molar refractivity (Wildman–Crippen MR) is 83.7 cm³/mol. The molecule has 20 heavy (non-hydrogen) atoms. The molecule has 0 saturated carbocycles. The average Bonchev–Trinajstić information content (AvgIpc) is 2.88. The van der Waals surface area contributed by atoms with Crippen LogP contribution in [0.3, 0.4) is 0 Å². The lowest BCUT2D eigenvalue weighted by atomic mass is 10.1. The zero-order valence-corrected chi connectivity index (χ0v) is 13.7. The summed E-state index contributed by atoms with van der Waals surface area (Å²) in [6.07, 6.45) is 0. The van der Waals surface area contributed by atoms with Crippen LogP contribution in [-0.2, 0) is 17.3 Å². The lowest BCUT2D eigenvalue weighted by Gasteiger charge is -2.09. The van der Waals surface area contributed by atoms with Crippen molar-refractivity contribution in [3.8, 4) is 11.4 Å². The first-order valence-corrected chi connectivity index (χ1v) is 8.48. The Balaban J connectivity index is 2.35. The van der Waals surface area contributed by atoms with Crippen LogP contribution in [-0.4, -0.2) is 35.9 Å². The highest BCUT2D eigenvalue weighted by Gasteiger charge is 2.14. The van der Waals surface area contributed by atoms with Crippen LogP contribution in [0.2, 0.25) is 0 Å². The van der Waals surface area contributed by atoms with E-state index in [0.29, 0.717) is 29.6 Å². The monoisotopic (exact) mass is 357 g/mol. The maximum Gasteiger partial charge on any atom is 0.182 e. The molecule has 6 nitrogen and oxygen atoms in total. The van der Waals surface area contributed by atoms with Crippen molar-refractivity contribution in [2.75, 3.05) is 17.2 Å². The van der Waals surface area contributed by atoms with Gasteiger partial charge in [-0.25, -0.2) is 4.68 Å². The number of hydrogen-bond acceptors (Lipinski definition) is 5. The van der Waals surface area contributed by atoms with Crippen LogP contribution in [0.4, 0.5) is 5.69 Å². The molecule has 1 heterocycles. The van der Waals surface area contributed by atoms with E-state index >= 15 is 0 Å². The molecule has 0 saturated heterocycles. The Bertz CT molecular complexity index is 643. The second-order valence-electron chi connectivity index (χ2n) is 4.33. The molecule has 0 spiro atoms. The second-order valence-corrected chi connectivity index (χ2v) is 7.11. The number of nitrogens with two attached hydrogens (primary N) is 1. The maximum atomic E-state index is 11.5. The van der Waals surface area contributed by atoms with E-state index in [2.05, 4.69) is 31.5 Å². The smallest absolute Gasteiger partial charge is 0.182 e. The van der Waals surface area contributed by atoms with Gasteiger partial charge in [-0.1, -0.05) is 22.9 Å². The van der Waals surface area contributed by atoms with E-state index in [1.807, 2.05) is 26.0 Å². The molecule has 2 aromatic rings. The molecule has 1 atom stereocenters. The van der Waals surface area contributed by atoms with Crippen molar-refractivity contribution in [2.45, 2.75) is 20.4 Å². The summed E-state index contributed by atoms with van der Waals surface area (Å²) in [6, 6.07) is 3.78.